The molecule has 2 heterocycles. The third-order valence-corrected chi connectivity index (χ3v) is 4.60. The summed E-state index contributed by atoms with van der Waals surface area (Å²) in [4.78, 5) is 25.3. The number of rotatable bonds is 3. The summed E-state index contributed by atoms with van der Waals surface area (Å²) in [5.41, 5.74) is 2.11. The number of fused-ring (bicyclic) bond motifs is 3. The second-order valence-corrected chi connectivity index (χ2v) is 6.09. The van der Waals surface area contributed by atoms with E-state index in [4.69, 9.17) is 4.74 Å². The van der Waals surface area contributed by atoms with Crippen LogP contribution in [0.1, 0.15) is 32.0 Å². The maximum atomic E-state index is 11.4. The minimum atomic E-state index is -0.701. The third kappa shape index (κ3) is 2.46. The normalized spacial score (nSPS) is 21.7. The van der Waals surface area contributed by atoms with Crippen LogP contribution >= 0.6 is 0 Å². The fourth-order valence-electron chi connectivity index (χ4n) is 3.25. The predicted octanol–water partition coefficient (Wildman–Crippen LogP) is 2.39. The Bertz CT molecular complexity index is 798. The molecule has 0 saturated heterocycles. The molecule has 2 unspecified atom stereocenters. The van der Waals surface area contributed by atoms with Gasteiger partial charge in [-0.05, 0) is 31.9 Å². The van der Waals surface area contributed by atoms with Gasteiger partial charge in [-0.1, -0.05) is 0 Å². The summed E-state index contributed by atoms with van der Waals surface area (Å²) in [6.07, 6.45) is 0.679. The first-order valence-corrected chi connectivity index (χ1v) is 7.53. The largest absolute Gasteiger partial charge is 0.367 e. The number of aromatic nitrogens is 1. The summed E-state index contributed by atoms with van der Waals surface area (Å²) in [5.74, 6) is -0.124. The van der Waals surface area contributed by atoms with Gasteiger partial charge in [0.2, 0.25) is 5.91 Å². The van der Waals surface area contributed by atoms with Gasteiger partial charge < -0.3 is 15.0 Å². The van der Waals surface area contributed by atoms with E-state index in [1.165, 1.54) is 13.0 Å². The Morgan fingerprint density at radius 3 is 2.91 bits per heavy atom. The number of nitro groups is 1. The van der Waals surface area contributed by atoms with Crippen LogP contribution in [0.25, 0.3) is 10.9 Å². The average molecular weight is 317 g/mol. The summed E-state index contributed by atoms with van der Waals surface area (Å²) in [6.45, 7) is 5.79. The predicted molar refractivity (Wildman–Crippen MR) is 85.2 cm³/mol. The number of non-ortho nitro benzene ring substituents is 1. The number of aromatic amines is 1. The minimum Gasteiger partial charge on any atom is -0.367 e. The highest BCUT2D eigenvalue weighted by molar-refractivity contribution is 5.87. The van der Waals surface area contributed by atoms with Gasteiger partial charge in [0.15, 0.2) is 0 Å². The van der Waals surface area contributed by atoms with E-state index in [2.05, 4.69) is 10.3 Å². The lowest BCUT2D eigenvalue weighted by molar-refractivity contribution is -0.384. The van der Waals surface area contributed by atoms with Crippen molar-refractivity contribution in [3.05, 3.63) is 39.6 Å². The summed E-state index contributed by atoms with van der Waals surface area (Å²) >= 11 is 0. The molecule has 0 fully saturated rings. The van der Waals surface area contributed by atoms with Crippen LogP contribution in [0.15, 0.2) is 18.2 Å². The van der Waals surface area contributed by atoms with Gasteiger partial charge in [-0.3, -0.25) is 14.9 Å². The topological polar surface area (TPSA) is 97.3 Å². The van der Waals surface area contributed by atoms with Crippen LogP contribution < -0.4 is 5.32 Å². The van der Waals surface area contributed by atoms with Gasteiger partial charge in [0.25, 0.3) is 5.69 Å². The quantitative estimate of drug-likeness (QED) is 0.671. The fraction of sp³-hybridized carbons (Fsp3) is 0.438. The van der Waals surface area contributed by atoms with E-state index >= 15 is 0 Å². The molecule has 2 N–H and O–H groups in total. The Morgan fingerprint density at radius 1 is 1.52 bits per heavy atom. The number of nitrogens with one attached hydrogen (secondary N) is 2. The SMILES string of the molecule is CC(=O)NC(C)C1(C)OCCc2c1[nH]c1ccc([N+](=O)[O-])cc21. The maximum absolute atomic E-state index is 11.4. The first kappa shape index (κ1) is 15.5. The lowest BCUT2D eigenvalue weighted by Gasteiger charge is -2.39. The van der Waals surface area contributed by atoms with Gasteiger partial charge in [-0.15, -0.1) is 0 Å². The van der Waals surface area contributed by atoms with E-state index < -0.39 is 10.5 Å². The van der Waals surface area contributed by atoms with Crippen molar-refractivity contribution in [3.63, 3.8) is 0 Å². The standard InChI is InChI=1S/C16H19N3O4/c1-9(17-10(2)20)16(3)15-12(6-7-23-16)13-8-11(19(21)22)4-5-14(13)18-15/h4-5,8-9,18H,6-7H2,1-3H3,(H,17,20). The van der Waals surface area contributed by atoms with Crippen LogP contribution in [-0.2, 0) is 21.6 Å². The molecule has 2 atom stereocenters. The molecular formula is C16H19N3O4. The van der Waals surface area contributed by atoms with Crippen molar-refractivity contribution in [1.82, 2.24) is 10.3 Å². The van der Waals surface area contributed by atoms with E-state index in [1.807, 2.05) is 13.8 Å². The molecule has 0 radical (unpaired) electrons. The molecule has 3 rings (SSSR count). The Kier molecular flexibility index (Phi) is 3.60. The lowest BCUT2D eigenvalue weighted by Crippen LogP contribution is -2.50. The molecule has 1 aromatic heterocycles. The highest BCUT2D eigenvalue weighted by Crippen LogP contribution is 2.39. The van der Waals surface area contributed by atoms with Crippen molar-refractivity contribution in [2.45, 2.75) is 38.8 Å². The van der Waals surface area contributed by atoms with Gasteiger partial charge in [-0.2, -0.15) is 0 Å². The zero-order valence-corrected chi connectivity index (χ0v) is 13.3. The molecule has 0 spiro atoms. The maximum Gasteiger partial charge on any atom is 0.270 e. The second-order valence-electron chi connectivity index (χ2n) is 6.09. The van der Waals surface area contributed by atoms with E-state index in [0.29, 0.717) is 13.0 Å². The smallest absolute Gasteiger partial charge is 0.270 e. The van der Waals surface area contributed by atoms with Crippen molar-refractivity contribution in [2.75, 3.05) is 6.61 Å². The molecular weight excluding hydrogens is 298 g/mol. The third-order valence-electron chi connectivity index (χ3n) is 4.60. The van der Waals surface area contributed by atoms with Crippen LogP contribution in [0.3, 0.4) is 0 Å². The molecule has 1 amide bonds. The summed E-state index contributed by atoms with van der Waals surface area (Å²) in [5, 5.41) is 14.7. The van der Waals surface area contributed by atoms with Gasteiger partial charge in [0.1, 0.15) is 5.60 Å². The van der Waals surface area contributed by atoms with Gasteiger partial charge in [0, 0.05) is 30.0 Å². The molecule has 7 nitrogen and oxygen atoms in total. The molecule has 1 aliphatic rings. The number of H-pyrrole nitrogens is 1. The zero-order valence-electron chi connectivity index (χ0n) is 13.3. The summed E-state index contributed by atoms with van der Waals surface area (Å²) in [6, 6.07) is 4.57. The van der Waals surface area contributed by atoms with Crippen molar-refractivity contribution in [1.29, 1.82) is 0 Å². The Balaban J connectivity index is 2.13. The van der Waals surface area contributed by atoms with Crippen LogP contribution in [0.4, 0.5) is 5.69 Å². The van der Waals surface area contributed by atoms with Crippen LogP contribution in [-0.4, -0.2) is 28.5 Å². The van der Waals surface area contributed by atoms with Crippen molar-refractivity contribution in [2.24, 2.45) is 0 Å². The number of amides is 1. The van der Waals surface area contributed by atoms with Crippen molar-refractivity contribution in [3.8, 4) is 0 Å². The monoisotopic (exact) mass is 317 g/mol. The molecule has 0 aliphatic carbocycles. The van der Waals surface area contributed by atoms with Crippen LogP contribution in [0.5, 0.6) is 0 Å². The first-order valence-electron chi connectivity index (χ1n) is 7.53. The number of ether oxygens (including phenoxy) is 1. The molecule has 0 bridgehead atoms. The van der Waals surface area contributed by atoms with Crippen molar-refractivity contribution < 1.29 is 14.5 Å². The number of nitro benzene ring substituents is 1. The summed E-state index contributed by atoms with van der Waals surface area (Å²) in [7, 11) is 0. The zero-order chi connectivity index (χ0) is 16.8. The molecule has 2 aromatic rings. The average Bonchev–Trinajstić information content (AvgIpc) is 2.86. The minimum absolute atomic E-state index is 0.0717. The number of carbonyl (C=O) groups is 1. The number of carbonyl (C=O) groups excluding carboxylic acids is 1. The highest BCUT2D eigenvalue weighted by Gasteiger charge is 2.41. The van der Waals surface area contributed by atoms with E-state index in [0.717, 1.165) is 22.2 Å². The van der Waals surface area contributed by atoms with Crippen molar-refractivity contribution >= 4 is 22.5 Å². The van der Waals surface area contributed by atoms with E-state index in [9.17, 15) is 14.9 Å². The van der Waals surface area contributed by atoms with Gasteiger partial charge in [0.05, 0.1) is 23.3 Å². The number of benzene rings is 1. The summed E-state index contributed by atoms with van der Waals surface area (Å²) < 4.78 is 5.98. The van der Waals surface area contributed by atoms with Gasteiger partial charge in [-0.25, -0.2) is 0 Å². The van der Waals surface area contributed by atoms with Crippen LogP contribution in [0.2, 0.25) is 0 Å². The van der Waals surface area contributed by atoms with Crippen LogP contribution in [0, 0.1) is 10.1 Å². The number of hydrogen-bond donors (Lipinski definition) is 2. The molecule has 1 aliphatic heterocycles. The van der Waals surface area contributed by atoms with E-state index in [-0.39, 0.29) is 17.6 Å². The molecule has 0 saturated carbocycles. The fourth-order valence-corrected chi connectivity index (χ4v) is 3.25. The number of hydrogen-bond acceptors (Lipinski definition) is 4. The first-order chi connectivity index (χ1) is 10.8. The Hall–Kier alpha value is -2.41. The second kappa shape index (κ2) is 5.34. The highest BCUT2D eigenvalue weighted by atomic mass is 16.6. The van der Waals surface area contributed by atoms with E-state index in [1.54, 1.807) is 12.1 Å². The molecule has 122 valence electrons. The molecule has 1 aromatic carbocycles. The molecule has 7 heteroatoms. The lowest BCUT2D eigenvalue weighted by atomic mass is 9.87. The Labute approximate surface area is 133 Å². The molecule has 23 heavy (non-hydrogen) atoms. The number of nitrogens with zero attached hydrogens (tertiary/aromatic N) is 1. The van der Waals surface area contributed by atoms with Gasteiger partial charge >= 0.3 is 0 Å². The Morgan fingerprint density at radius 2 is 2.26 bits per heavy atom.